The fourth-order valence-electron chi connectivity index (χ4n) is 2.61. The van der Waals surface area contributed by atoms with Crippen molar-refractivity contribution < 1.29 is 9.90 Å². The van der Waals surface area contributed by atoms with E-state index in [4.69, 9.17) is 5.11 Å². The Bertz CT molecular complexity index is 577. The Balaban J connectivity index is 2.13. The maximum absolute atomic E-state index is 12.6. The van der Waals surface area contributed by atoms with Crippen LogP contribution in [0.2, 0.25) is 0 Å². The van der Waals surface area contributed by atoms with E-state index in [0.29, 0.717) is 5.41 Å². The van der Waals surface area contributed by atoms with E-state index >= 15 is 0 Å². The van der Waals surface area contributed by atoms with E-state index in [1.54, 1.807) is 0 Å². The molecule has 1 aromatic heterocycles. The lowest BCUT2D eigenvalue weighted by Crippen LogP contribution is -2.31. The molecule has 1 aliphatic rings. The van der Waals surface area contributed by atoms with Crippen LogP contribution in [0.1, 0.15) is 53.2 Å². The minimum absolute atomic E-state index is 0.123. The SMILES string of the molecule is Cc1cc(C(=O)N2CCCC(C)(C)CC2)sc1C#CCO. The van der Waals surface area contributed by atoms with Gasteiger partial charge in [0.1, 0.15) is 6.61 Å². The molecular weight excluding hydrogens is 282 g/mol. The van der Waals surface area contributed by atoms with Crippen LogP contribution in [0.3, 0.4) is 0 Å². The first-order valence-electron chi connectivity index (χ1n) is 7.42. The predicted molar refractivity (Wildman–Crippen MR) is 86.6 cm³/mol. The highest BCUT2D eigenvalue weighted by Crippen LogP contribution is 2.31. The zero-order valence-corrected chi connectivity index (χ0v) is 13.8. The summed E-state index contributed by atoms with van der Waals surface area (Å²) in [5, 5.41) is 8.77. The second kappa shape index (κ2) is 6.64. The van der Waals surface area contributed by atoms with E-state index in [1.807, 2.05) is 17.9 Å². The molecule has 21 heavy (non-hydrogen) atoms. The van der Waals surface area contributed by atoms with Gasteiger partial charge in [-0.25, -0.2) is 0 Å². The molecule has 4 heteroatoms. The molecule has 0 unspecified atom stereocenters. The van der Waals surface area contributed by atoms with E-state index < -0.39 is 0 Å². The number of thiophene rings is 1. The third-order valence-electron chi connectivity index (χ3n) is 4.04. The maximum Gasteiger partial charge on any atom is 0.263 e. The highest BCUT2D eigenvalue weighted by Gasteiger charge is 2.26. The third kappa shape index (κ3) is 4.09. The number of hydrogen-bond donors (Lipinski definition) is 1. The second-order valence-corrected chi connectivity index (χ2v) is 7.44. The Morgan fingerprint density at radius 3 is 2.90 bits per heavy atom. The standard InChI is InChI=1S/C17H23NO2S/c1-13-12-15(21-14(13)6-4-11-19)16(20)18-9-5-7-17(2,3)8-10-18/h12,19H,5,7-11H2,1-3H3. The number of rotatable bonds is 1. The molecule has 1 aromatic rings. The molecule has 2 rings (SSSR count). The number of aryl methyl sites for hydroxylation is 1. The molecule has 0 atom stereocenters. The molecule has 0 aromatic carbocycles. The molecule has 1 aliphatic heterocycles. The zero-order chi connectivity index (χ0) is 15.5. The first-order valence-corrected chi connectivity index (χ1v) is 8.24. The van der Waals surface area contributed by atoms with Gasteiger partial charge in [0.2, 0.25) is 0 Å². The lowest BCUT2D eigenvalue weighted by atomic mass is 9.85. The van der Waals surface area contributed by atoms with Crippen molar-refractivity contribution in [1.82, 2.24) is 4.90 Å². The van der Waals surface area contributed by atoms with Crippen LogP contribution in [0.15, 0.2) is 6.07 Å². The minimum atomic E-state index is -0.151. The van der Waals surface area contributed by atoms with Crippen molar-refractivity contribution in [1.29, 1.82) is 0 Å². The highest BCUT2D eigenvalue weighted by molar-refractivity contribution is 7.14. The van der Waals surface area contributed by atoms with Crippen LogP contribution in [0.25, 0.3) is 0 Å². The van der Waals surface area contributed by atoms with Crippen LogP contribution in [0.4, 0.5) is 0 Å². The maximum atomic E-state index is 12.6. The summed E-state index contributed by atoms with van der Waals surface area (Å²) >= 11 is 1.43. The molecule has 1 amide bonds. The van der Waals surface area contributed by atoms with Gasteiger partial charge in [-0.05, 0) is 43.2 Å². The van der Waals surface area contributed by atoms with Crippen molar-refractivity contribution in [2.45, 2.75) is 40.0 Å². The van der Waals surface area contributed by atoms with Crippen LogP contribution < -0.4 is 0 Å². The van der Waals surface area contributed by atoms with E-state index in [0.717, 1.165) is 41.2 Å². The van der Waals surface area contributed by atoms with Crippen LogP contribution in [-0.2, 0) is 0 Å². The number of amides is 1. The molecule has 0 radical (unpaired) electrons. The summed E-state index contributed by atoms with van der Waals surface area (Å²) in [7, 11) is 0. The molecule has 3 nitrogen and oxygen atoms in total. The fourth-order valence-corrected chi connectivity index (χ4v) is 3.63. The average Bonchev–Trinajstić information content (AvgIpc) is 2.70. The number of carbonyl (C=O) groups is 1. The van der Waals surface area contributed by atoms with Gasteiger partial charge in [0.15, 0.2) is 0 Å². The third-order valence-corrected chi connectivity index (χ3v) is 5.18. The lowest BCUT2D eigenvalue weighted by Gasteiger charge is -2.23. The van der Waals surface area contributed by atoms with Crippen molar-refractivity contribution in [3.63, 3.8) is 0 Å². The molecule has 2 heterocycles. The number of carbonyl (C=O) groups excluding carboxylic acids is 1. The fraction of sp³-hybridized carbons (Fsp3) is 0.588. The normalized spacial score (nSPS) is 17.8. The number of likely N-dealkylation sites (tertiary alicyclic amines) is 1. The quantitative estimate of drug-likeness (QED) is 0.810. The van der Waals surface area contributed by atoms with Crippen molar-refractivity contribution in [3.8, 4) is 11.8 Å². The molecule has 0 aliphatic carbocycles. The number of aliphatic hydroxyl groups is 1. The van der Waals surface area contributed by atoms with E-state index in [1.165, 1.54) is 17.8 Å². The Morgan fingerprint density at radius 1 is 1.43 bits per heavy atom. The summed E-state index contributed by atoms with van der Waals surface area (Å²) in [6, 6.07) is 1.92. The first-order chi connectivity index (χ1) is 9.93. The van der Waals surface area contributed by atoms with Gasteiger partial charge in [0.25, 0.3) is 5.91 Å². The number of aliphatic hydroxyl groups excluding tert-OH is 1. The lowest BCUT2D eigenvalue weighted by molar-refractivity contribution is 0.0762. The molecule has 114 valence electrons. The molecular formula is C17H23NO2S. The molecule has 1 saturated heterocycles. The Labute approximate surface area is 131 Å². The van der Waals surface area contributed by atoms with E-state index in [9.17, 15) is 4.79 Å². The molecule has 0 bridgehead atoms. The molecule has 1 fully saturated rings. The van der Waals surface area contributed by atoms with Gasteiger partial charge in [-0.15, -0.1) is 11.3 Å². The topological polar surface area (TPSA) is 40.5 Å². The van der Waals surface area contributed by atoms with Crippen LogP contribution in [0.5, 0.6) is 0 Å². The van der Waals surface area contributed by atoms with Gasteiger partial charge < -0.3 is 10.0 Å². The summed E-state index contributed by atoms with van der Waals surface area (Å²) < 4.78 is 0. The predicted octanol–water partition coefficient (Wildman–Crippen LogP) is 3.05. The summed E-state index contributed by atoms with van der Waals surface area (Å²) in [5.41, 5.74) is 1.34. The Morgan fingerprint density at radius 2 is 2.19 bits per heavy atom. The van der Waals surface area contributed by atoms with Gasteiger partial charge in [0, 0.05) is 13.1 Å². The van der Waals surface area contributed by atoms with Gasteiger partial charge in [-0.1, -0.05) is 25.7 Å². The second-order valence-electron chi connectivity index (χ2n) is 6.39. The zero-order valence-electron chi connectivity index (χ0n) is 13.0. The van der Waals surface area contributed by atoms with Crippen molar-refractivity contribution in [2.75, 3.05) is 19.7 Å². The van der Waals surface area contributed by atoms with E-state index in [-0.39, 0.29) is 12.5 Å². The van der Waals surface area contributed by atoms with Crippen molar-refractivity contribution >= 4 is 17.2 Å². The van der Waals surface area contributed by atoms with Crippen LogP contribution >= 0.6 is 11.3 Å². The van der Waals surface area contributed by atoms with Gasteiger partial charge in [0.05, 0.1) is 9.75 Å². The smallest absolute Gasteiger partial charge is 0.263 e. The molecule has 0 saturated carbocycles. The summed E-state index contributed by atoms with van der Waals surface area (Å²) in [6.07, 6.45) is 3.30. The molecule has 0 spiro atoms. The monoisotopic (exact) mass is 305 g/mol. The van der Waals surface area contributed by atoms with Gasteiger partial charge in [-0.3, -0.25) is 4.79 Å². The molecule has 1 N–H and O–H groups in total. The summed E-state index contributed by atoms with van der Waals surface area (Å²) in [6.45, 7) is 8.04. The Hall–Kier alpha value is -1.31. The van der Waals surface area contributed by atoms with Crippen molar-refractivity contribution in [3.05, 3.63) is 21.4 Å². The largest absolute Gasteiger partial charge is 0.384 e. The van der Waals surface area contributed by atoms with Gasteiger partial charge in [-0.2, -0.15) is 0 Å². The van der Waals surface area contributed by atoms with Crippen molar-refractivity contribution in [2.24, 2.45) is 5.41 Å². The Kier molecular flexibility index (Phi) is 5.08. The first kappa shape index (κ1) is 16.1. The number of hydrogen-bond acceptors (Lipinski definition) is 3. The van der Waals surface area contributed by atoms with Crippen LogP contribution in [-0.4, -0.2) is 35.6 Å². The summed E-state index contributed by atoms with van der Waals surface area (Å²) in [4.78, 5) is 16.3. The average molecular weight is 305 g/mol. The number of nitrogens with zero attached hydrogens (tertiary/aromatic N) is 1. The minimum Gasteiger partial charge on any atom is -0.384 e. The summed E-state index contributed by atoms with van der Waals surface area (Å²) in [5.74, 6) is 5.69. The highest BCUT2D eigenvalue weighted by atomic mass is 32.1. The van der Waals surface area contributed by atoms with E-state index in [2.05, 4.69) is 25.7 Å². The van der Waals surface area contributed by atoms with Crippen LogP contribution in [0, 0.1) is 24.2 Å². The van der Waals surface area contributed by atoms with Gasteiger partial charge >= 0.3 is 0 Å².